The van der Waals surface area contributed by atoms with E-state index >= 15 is 0 Å². The van der Waals surface area contributed by atoms with Gasteiger partial charge in [-0.1, -0.05) is 50.7 Å². The van der Waals surface area contributed by atoms with Gasteiger partial charge in [-0.2, -0.15) is 0 Å². The first-order valence-corrected chi connectivity index (χ1v) is 7.52. The Kier molecular flexibility index (Phi) is 4.90. The van der Waals surface area contributed by atoms with E-state index in [1.54, 1.807) is 0 Å². The van der Waals surface area contributed by atoms with Gasteiger partial charge in [0.15, 0.2) is 0 Å². The SMILES string of the molecule is CCCC(CC)Nc1nc2ccccc2cc1C(N)=S. The molecule has 1 atom stereocenters. The zero-order chi connectivity index (χ0) is 14.5. The average Bonchev–Trinajstić information content (AvgIpc) is 2.45. The van der Waals surface area contributed by atoms with Crippen molar-refractivity contribution in [2.45, 2.75) is 39.2 Å². The lowest BCUT2D eigenvalue weighted by atomic mass is 10.1. The minimum atomic E-state index is 0.386. The molecule has 106 valence electrons. The van der Waals surface area contributed by atoms with Crippen molar-refractivity contribution >= 4 is 33.9 Å². The standard InChI is InChI=1S/C16H21N3S/c1-3-7-12(4-2)18-16-13(15(17)20)10-11-8-5-6-9-14(11)19-16/h5-6,8-10,12H,3-4,7H2,1-2H3,(H2,17,20)(H,18,19). The minimum absolute atomic E-state index is 0.386. The van der Waals surface area contributed by atoms with Crippen molar-refractivity contribution < 1.29 is 0 Å². The van der Waals surface area contributed by atoms with Gasteiger partial charge in [-0.25, -0.2) is 4.98 Å². The van der Waals surface area contributed by atoms with E-state index in [0.717, 1.165) is 41.5 Å². The van der Waals surface area contributed by atoms with Crippen LogP contribution in [0.15, 0.2) is 30.3 Å². The predicted octanol–water partition coefficient (Wildman–Crippen LogP) is 3.86. The topological polar surface area (TPSA) is 50.9 Å². The number of nitrogens with zero attached hydrogens (tertiary/aromatic N) is 1. The normalized spacial score (nSPS) is 12.3. The van der Waals surface area contributed by atoms with Crippen molar-refractivity contribution in [1.29, 1.82) is 0 Å². The van der Waals surface area contributed by atoms with Crippen molar-refractivity contribution in [3.05, 3.63) is 35.9 Å². The molecule has 2 aromatic rings. The molecular formula is C16H21N3S. The second kappa shape index (κ2) is 6.66. The quantitative estimate of drug-likeness (QED) is 0.792. The molecule has 2 rings (SSSR count). The van der Waals surface area contributed by atoms with Crippen molar-refractivity contribution in [3.63, 3.8) is 0 Å². The summed E-state index contributed by atoms with van der Waals surface area (Å²) in [6, 6.07) is 10.4. The second-order valence-electron chi connectivity index (χ2n) is 4.98. The summed E-state index contributed by atoms with van der Waals surface area (Å²) in [6.45, 7) is 4.36. The summed E-state index contributed by atoms with van der Waals surface area (Å²) < 4.78 is 0. The van der Waals surface area contributed by atoms with Gasteiger partial charge < -0.3 is 11.1 Å². The number of anilines is 1. The van der Waals surface area contributed by atoms with Crippen molar-refractivity contribution in [2.24, 2.45) is 5.73 Å². The molecule has 0 saturated heterocycles. The van der Waals surface area contributed by atoms with E-state index in [1.807, 2.05) is 30.3 Å². The number of nitrogens with two attached hydrogens (primary N) is 1. The van der Waals surface area contributed by atoms with Crippen molar-refractivity contribution in [3.8, 4) is 0 Å². The summed E-state index contributed by atoms with van der Waals surface area (Å²) in [6.07, 6.45) is 3.31. The molecule has 0 aliphatic carbocycles. The predicted molar refractivity (Wildman–Crippen MR) is 90.2 cm³/mol. The first-order valence-electron chi connectivity index (χ1n) is 7.11. The van der Waals surface area contributed by atoms with Crippen LogP contribution in [0.2, 0.25) is 0 Å². The molecule has 0 radical (unpaired) electrons. The summed E-state index contributed by atoms with van der Waals surface area (Å²) in [5.41, 5.74) is 7.63. The van der Waals surface area contributed by atoms with E-state index in [9.17, 15) is 0 Å². The van der Waals surface area contributed by atoms with Crippen LogP contribution in [0.1, 0.15) is 38.7 Å². The van der Waals surface area contributed by atoms with Crippen LogP contribution in [0.5, 0.6) is 0 Å². The monoisotopic (exact) mass is 287 g/mol. The van der Waals surface area contributed by atoms with Gasteiger partial charge in [-0.3, -0.25) is 0 Å². The Bertz CT molecular complexity index is 610. The highest BCUT2D eigenvalue weighted by Gasteiger charge is 2.12. The maximum absolute atomic E-state index is 5.85. The molecule has 0 bridgehead atoms. The van der Waals surface area contributed by atoms with E-state index in [-0.39, 0.29) is 0 Å². The number of para-hydroxylation sites is 1. The van der Waals surface area contributed by atoms with E-state index in [0.29, 0.717) is 11.0 Å². The molecule has 0 amide bonds. The van der Waals surface area contributed by atoms with Crippen LogP contribution in [0.25, 0.3) is 10.9 Å². The van der Waals surface area contributed by atoms with Gasteiger partial charge in [-0.15, -0.1) is 0 Å². The van der Waals surface area contributed by atoms with Crippen LogP contribution in [-0.2, 0) is 0 Å². The molecule has 0 fully saturated rings. The second-order valence-corrected chi connectivity index (χ2v) is 5.42. The third-order valence-electron chi connectivity index (χ3n) is 3.46. The van der Waals surface area contributed by atoms with Gasteiger partial charge in [0, 0.05) is 11.4 Å². The highest BCUT2D eigenvalue weighted by Crippen LogP contribution is 2.22. The molecule has 20 heavy (non-hydrogen) atoms. The number of nitrogens with one attached hydrogen (secondary N) is 1. The van der Waals surface area contributed by atoms with Crippen LogP contribution in [0.3, 0.4) is 0 Å². The Morgan fingerprint density at radius 3 is 2.75 bits per heavy atom. The lowest BCUT2D eigenvalue weighted by Gasteiger charge is -2.19. The summed E-state index contributed by atoms with van der Waals surface area (Å²) >= 11 is 5.16. The Morgan fingerprint density at radius 2 is 2.10 bits per heavy atom. The number of aromatic nitrogens is 1. The average molecular weight is 287 g/mol. The third-order valence-corrected chi connectivity index (χ3v) is 3.68. The molecule has 0 saturated carbocycles. The van der Waals surface area contributed by atoms with Crippen LogP contribution >= 0.6 is 12.2 Å². The molecular weight excluding hydrogens is 266 g/mol. The molecule has 3 nitrogen and oxygen atoms in total. The summed E-state index contributed by atoms with van der Waals surface area (Å²) in [5.74, 6) is 0.802. The van der Waals surface area contributed by atoms with E-state index in [2.05, 4.69) is 24.1 Å². The Balaban J connectivity index is 2.43. The molecule has 1 heterocycles. The molecule has 1 aromatic heterocycles. The first-order chi connectivity index (χ1) is 9.65. The Morgan fingerprint density at radius 1 is 1.35 bits per heavy atom. The van der Waals surface area contributed by atoms with Crippen molar-refractivity contribution in [1.82, 2.24) is 4.98 Å². The maximum atomic E-state index is 5.85. The van der Waals surface area contributed by atoms with Crippen molar-refractivity contribution in [2.75, 3.05) is 5.32 Å². The van der Waals surface area contributed by atoms with E-state index in [1.165, 1.54) is 0 Å². The molecule has 4 heteroatoms. The molecule has 0 aliphatic rings. The maximum Gasteiger partial charge on any atom is 0.137 e. The Hall–Kier alpha value is -1.68. The fourth-order valence-electron chi connectivity index (χ4n) is 2.33. The van der Waals surface area contributed by atoms with Crippen LogP contribution in [0, 0.1) is 0 Å². The lowest BCUT2D eigenvalue weighted by molar-refractivity contribution is 0.620. The highest BCUT2D eigenvalue weighted by atomic mass is 32.1. The number of fused-ring (bicyclic) bond motifs is 1. The fourth-order valence-corrected chi connectivity index (χ4v) is 2.49. The first kappa shape index (κ1) is 14.7. The highest BCUT2D eigenvalue weighted by molar-refractivity contribution is 7.80. The largest absolute Gasteiger partial charge is 0.389 e. The van der Waals surface area contributed by atoms with Gasteiger partial charge in [0.2, 0.25) is 0 Å². The lowest BCUT2D eigenvalue weighted by Crippen LogP contribution is -2.22. The van der Waals surface area contributed by atoms with Gasteiger partial charge in [-0.05, 0) is 25.0 Å². The number of thiocarbonyl (C=S) groups is 1. The number of rotatable bonds is 6. The van der Waals surface area contributed by atoms with Gasteiger partial charge >= 0.3 is 0 Å². The van der Waals surface area contributed by atoms with Gasteiger partial charge in [0.25, 0.3) is 0 Å². The van der Waals surface area contributed by atoms with E-state index in [4.69, 9.17) is 18.0 Å². The summed E-state index contributed by atoms with van der Waals surface area (Å²) in [7, 11) is 0. The van der Waals surface area contributed by atoms with Crippen LogP contribution in [0.4, 0.5) is 5.82 Å². The van der Waals surface area contributed by atoms with E-state index < -0.39 is 0 Å². The number of benzene rings is 1. The smallest absolute Gasteiger partial charge is 0.137 e. The zero-order valence-corrected chi connectivity index (χ0v) is 12.8. The fraction of sp³-hybridized carbons (Fsp3) is 0.375. The third kappa shape index (κ3) is 3.25. The molecule has 1 unspecified atom stereocenters. The summed E-state index contributed by atoms with van der Waals surface area (Å²) in [4.78, 5) is 5.07. The van der Waals surface area contributed by atoms with Gasteiger partial charge in [0.05, 0.1) is 11.1 Å². The van der Waals surface area contributed by atoms with Gasteiger partial charge in [0.1, 0.15) is 10.8 Å². The minimum Gasteiger partial charge on any atom is -0.389 e. The molecule has 1 aromatic carbocycles. The molecule has 3 N–H and O–H groups in total. The Labute approximate surface area is 125 Å². The van der Waals surface area contributed by atoms with Crippen LogP contribution < -0.4 is 11.1 Å². The number of pyridine rings is 1. The number of hydrogen-bond acceptors (Lipinski definition) is 3. The molecule has 0 spiro atoms. The number of hydrogen-bond donors (Lipinski definition) is 2. The summed E-state index contributed by atoms with van der Waals surface area (Å²) in [5, 5.41) is 4.55. The zero-order valence-electron chi connectivity index (χ0n) is 12.0. The van der Waals surface area contributed by atoms with Crippen LogP contribution in [-0.4, -0.2) is 16.0 Å². The molecule has 0 aliphatic heterocycles.